The van der Waals surface area contributed by atoms with Gasteiger partial charge in [-0.3, -0.25) is 9.69 Å². The summed E-state index contributed by atoms with van der Waals surface area (Å²) in [6, 6.07) is 0. The Labute approximate surface area is 104 Å². The molecule has 5 nitrogen and oxygen atoms in total. The zero-order valence-electron chi connectivity index (χ0n) is 10.7. The fraction of sp³-hybridized carbons (Fsp3) is 0.818. The van der Waals surface area contributed by atoms with Crippen LogP contribution in [0.2, 0.25) is 0 Å². The van der Waals surface area contributed by atoms with Gasteiger partial charge in [0, 0.05) is 13.0 Å². The molecule has 1 atom stereocenters. The SMILES string of the molecule is CC(C)(C)OC(=O)N1CCC(F)(F)CC1NC=O. The number of piperidine rings is 1. The molecular formula is C11H18F2N2O3. The van der Waals surface area contributed by atoms with E-state index in [1.807, 2.05) is 0 Å². The van der Waals surface area contributed by atoms with Gasteiger partial charge in [0.2, 0.25) is 6.41 Å². The number of alkyl halides is 2. The van der Waals surface area contributed by atoms with E-state index in [-0.39, 0.29) is 6.54 Å². The number of carbonyl (C=O) groups excluding carboxylic acids is 2. The Kier molecular flexibility index (Phi) is 4.13. The van der Waals surface area contributed by atoms with Gasteiger partial charge in [-0.15, -0.1) is 0 Å². The zero-order chi connectivity index (χ0) is 14.0. The molecule has 1 heterocycles. The molecule has 1 unspecified atom stereocenters. The Morgan fingerprint density at radius 3 is 2.61 bits per heavy atom. The van der Waals surface area contributed by atoms with Crippen LogP contribution in [-0.2, 0) is 9.53 Å². The first-order valence-electron chi connectivity index (χ1n) is 5.72. The van der Waals surface area contributed by atoms with Crippen molar-refractivity contribution in [3.8, 4) is 0 Å². The lowest BCUT2D eigenvalue weighted by Crippen LogP contribution is -2.56. The van der Waals surface area contributed by atoms with Crippen LogP contribution in [-0.4, -0.2) is 41.6 Å². The molecule has 1 N–H and O–H groups in total. The van der Waals surface area contributed by atoms with Gasteiger partial charge < -0.3 is 10.1 Å². The number of carbonyl (C=O) groups is 2. The van der Waals surface area contributed by atoms with Gasteiger partial charge >= 0.3 is 6.09 Å². The average molecular weight is 264 g/mol. The number of nitrogens with one attached hydrogen (secondary N) is 1. The first-order valence-corrected chi connectivity index (χ1v) is 5.72. The van der Waals surface area contributed by atoms with E-state index < -0.39 is 36.6 Å². The van der Waals surface area contributed by atoms with Crippen molar-refractivity contribution in [3.05, 3.63) is 0 Å². The third-order valence-electron chi connectivity index (χ3n) is 2.48. The van der Waals surface area contributed by atoms with Crippen molar-refractivity contribution in [2.45, 2.75) is 51.3 Å². The van der Waals surface area contributed by atoms with Crippen LogP contribution >= 0.6 is 0 Å². The fourth-order valence-corrected chi connectivity index (χ4v) is 1.70. The predicted octanol–water partition coefficient (Wildman–Crippen LogP) is 1.72. The second-order valence-electron chi connectivity index (χ2n) is 5.28. The molecule has 0 bridgehead atoms. The van der Waals surface area contributed by atoms with E-state index in [1.165, 1.54) is 0 Å². The summed E-state index contributed by atoms with van der Waals surface area (Å²) in [5.41, 5.74) is -0.706. The van der Waals surface area contributed by atoms with Gasteiger partial charge in [0.15, 0.2) is 0 Å². The number of rotatable bonds is 2. The first-order chi connectivity index (χ1) is 8.14. The van der Waals surface area contributed by atoms with E-state index in [9.17, 15) is 18.4 Å². The molecule has 0 aromatic carbocycles. The van der Waals surface area contributed by atoms with Crippen LogP contribution in [0.1, 0.15) is 33.6 Å². The van der Waals surface area contributed by atoms with Crippen LogP contribution in [0.5, 0.6) is 0 Å². The molecule has 0 aliphatic carbocycles. The van der Waals surface area contributed by atoms with Crippen molar-refractivity contribution >= 4 is 12.5 Å². The zero-order valence-corrected chi connectivity index (χ0v) is 10.7. The number of hydrogen-bond acceptors (Lipinski definition) is 3. The molecule has 1 rings (SSSR count). The van der Waals surface area contributed by atoms with Crippen LogP contribution in [0.15, 0.2) is 0 Å². The van der Waals surface area contributed by atoms with Gasteiger partial charge in [0.25, 0.3) is 5.92 Å². The topological polar surface area (TPSA) is 58.6 Å². The van der Waals surface area contributed by atoms with E-state index in [4.69, 9.17) is 4.74 Å². The standard InChI is InChI=1S/C11H18F2N2O3/c1-10(2,3)18-9(17)15-5-4-11(12,13)6-8(15)14-7-16/h7-8H,4-6H2,1-3H3,(H,14,16). The summed E-state index contributed by atoms with van der Waals surface area (Å²) in [5.74, 6) is -2.88. The normalized spacial score (nSPS) is 23.4. The Morgan fingerprint density at radius 1 is 1.50 bits per heavy atom. The molecule has 0 spiro atoms. The highest BCUT2D eigenvalue weighted by molar-refractivity contribution is 5.69. The Bertz CT molecular complexity index is 329. The van der Waals surface area contributed by atoms with E-state index in [1.54, 1.807) is 20.8 Å². The van der Waals surface area contributed by atoms with Crippen LogP contribution < -0.4 is 5.32 Å². The summed E-state index contributed by atoms with van der Waals surface area (Å²) in [4.78, 5) is 23.3. The van der Waals surface area contributed by atoms with E-state index in [2.05, 4.69) is 5.32 Å². The second-order valence-corrected chi connectivity index (χ2v) is 5.28. The van der Waals surface area contributed by atoms with Gasteiger partial charge in [-0.25, -0.2) is 13.6 Å². The van der Waals surface area contributed by atoms with Crippen molar-refractivity contribution in [1.29, 1.82) is 0 Å². The number of amides is 2. The number of halogens is 2. The lowest BCUT2D eigenvalue weighted by atomic mass is 10.0. The monoisotopic (exact) mass is 264 g/mol. The average Bonchev–Trinajstić information content (AvgIpc) is 2.13. The summed E-state index contributed by atoms with van der Waals surface area (Å²) in [7, 11) is 0. The number of hydrogen-bond donors (Lipinski definition) is 1. The molecule has 0 saturated carbocycles. The van der Waals surface area contributed by atoms with Crippen LogP contribution in [0.3, 0.4) is 0 Å². The quantitative estimate of drug-likeness (QED) is 0.773. The molecule has 1 aliphatic heterocycles. The predicted molar refractivity (Wildman–Crippen MR) is 60.1 cm³/mol. The van der Waals surface area contributed by atoms with Gasteiger partial charge in [-0.2, -0.15) is 0 Å². The third-order valence-corrected chi connectivity index (χ3v) is 2.48. The summed E-state index contributed by atoms with van der Waals surface area (Å²) >= 11 is 0. The molecule has 7 heteroatoms. The summed E-state index contributed by atoms with van der Waals surface area (Å²) in [5, 5.41) is 2.22. The first kappa shape index (κ1) is 14.7. The maximum atomic E-state index is 13.2. The lowest BCUT2D eigenvalue weighted by molar-refractivity contribution is -0.116. The van der Waals surface area contributed by atoms with Crippen molar-refractivity contribution in [2.75, 3.05) is 6.54 Å². The van der Waals surface area contributed by atoms with Crippen molar-refractivity contribution < 1.29 is 23.1 Å². The summed E-state index contributed by atoms with van der Waals surface area (Å²) in [6.07, 6.45) is -2.43. The molecule has 104 valence electrons. The fourth-order valence-electron chi connectivity index (χ4n) is 1.70. The molecule has 18 heavy (non-hydrogen) atoms. The lowest BCUT2D eigenvalue weighted by Gasteiger charge is -2.39. The molecule has 0 radical (unpaired) electrons. The minimum atomic E-state index is -2.88. The van der Waals surface area contributed by atoms with E-state index in [0.717, 1.165) is 4.90 Å². The van der Waals surface area contributed by atoms with Crippen LogP contribution in [0.4, 0.5) is 13.6 Å². The second kappa shape index (κ2) is 5.07. The molecule has 0 aromatic rings. The minimum absolute atomic E-state index is 0.145. The van der Waals surface area contributed by atoms with Crippen LogP contribution in [0.25, 0.3) is 0 Å². The Hall–Kier alpha value is -1.40. The maximum absolute atomic E-state index is 13.2. The maximum Gasteiger partial charge on any atom is 0.411 e. The number of likely N-dealkylation sites (tertiary alicyclic amines) is 1. The molecule has 1 fully saturated rings. The molecule has 0 aromatic heterocycles. The van der Waals surface area contributed by atoms with Crippen molar-refractivity contribution in [2.24, 2.45) is 0 Å². The third kappa shape index (κ3) is 4.12. The summed E-state index contributed by atoms with van der Waals surface area (Å²) in [6.45, 7) is 4.91. The Balaban J connectivity index is 2.73. The molecular weight excluding hydrogens is 246 g/mol. The highest BCUT2D eigenvalue weighted by atomic mass is 19.3. The number of ether oxygens (including phenoxy) is 1. The minimum Gasteiger partial charge on any atom is -0.444 e. The number of nitrogens with zero attached hydrogens (tertiary/aromatic N) is 1. The van der Waals surface area contributed by atoms with Crippen molar-refractivity contribution in [3.63, 3.8) is 0 Å². The van der Waals surface area contributed by atoms with E-state index >= 15 is 0 Å². The summed E-state index contributed by atoms with van der Waals surface area (Å²) < 4.78 is 31.5. The molecule has 2 amide bonds. The van der Waals surface area contributed by atoms with Crippen molar-refractivity contribution in [1.82, 2.24) is 10.2 Å². The highest BCUT2D eigenvalue weighted by Crippen LogP contribution is 2.31. The highest BCUT2D eigenvalue weighted by Gasteiger charge is 2.43. The Morgan fingerprint density at radius 2 is 2.11 bits per heavy atom. The largest absolute Gasteiger partial charge is 0.444 e. The van der Waals surface area contributed by atoms with Gasteiger partial charge in [0.05, 0.1) is 6.42 Å². The van der Waals surface area contributed by atoms with Gasteiger partial charge in [0.1, 0.15) is 11.8 Å². The van der Waals surface area contributed by atoms with Gasteiger partial charge in [-0.1, -0.05) is 0 Å². The smallest absolute Gasteiger partial charge is 0.411 e. The molecule has 1 aliphatic rings. The molecule has 1 saturated heterocycles. The van der Waals surface area contributed by atoms with Crippen LogP contribution in [0, 0.1) is 0 Å². The van der Waals surface area contributed by atoms with E-state index in [0.29, 0.717) is 6.41 Å². The van der Waals surface area contributed by atoms with Gasteiger partial charge in [-0.05, 0) is 20.8 Å².